The van der Waals surface area contributed by atoms with Gasteiger partial charge in [0.15, 0.2) is 9.84 Å². The van der Waals surface area contributed by atoms with Crippen LogP contribution >= 0.6 is 23.2 Å². The standard InChI is InChI=1S/C20H24Cl2N2O3S/c21-17-7-3-1-5-15(17)11-23-9-10-24(12-16-6-2-4-8-18(16)22)19-13-28(26,27)14-20(19)25/h1-8,19-20,23,25H,9-14H2/t19-,20-/m1/s1. The lowest BCUT2D eigenvalue weighted by atomic mass is 10.1. The van der Waals surface area contributed by atoms with Gasteiger partial charge >= 0.3 is 0 Å². The summed E-state index contributed by atoms with van der Waals surface area (Å²) >= 11 is 12.5. The molecule has 3 rings (SSSR count). The summed E-state index contributed by atoms with van der Waals surface area (Å²) in [4.78, 5) is 2.00. The van der Waals surface area contributed by atoms with Gasteiger partial charge in [-0.2, -0.15) is 0 Å². The molecular weight excluding hydrogens is 419 g/mol. The maximum Gasteiger partial charge on any atom is 0.154 e. The van der Waals surface area contributed by atoms with Crippen molar-refractivity contribution in [2.45, 2.75) is 25.2 Å². The molecule has 1 saturated heterocycles. The van der Waals surface area contributed by atoms with Crippen molar-refractivity contribution in [1.82, 2.24) is 10.2 Å². The molecule has 28 heavy (non-hydrogen) atoms. The van der Waals surface area contributed by atoms with Crippen LogP contribution in [0, 0.1) is 0 Å². The molecule has 1 aliphatic rings. The number of nitrogens with zero attached hydrogens (tertiary/aromatic N) is 1. The summed E-state index contributed by atoms with van der Waals surface area (Å²) in [6.07, 6.45) is -0.893. The summed E-state index contributed by atoms with van der Waals surface area (Å²) in [6.45, 7) is 2.29. The summed E-state index contributed by atoms with van der Waals surface area (Å²) in [5.41, 5.74) is 1.91. The predicted molar refractivity (Wildman–Crippen MR) is 113 cm³/mol. The van der Waals surface area contributed by atoms with Gasteiger partial charge in [0, 0.05) is 36.2 Å². The third-order valence-corrected chi connectivity index (χ3v) is 7.38. The molecule has 0 radical (unpaired) electrons. The zero-order chi connectivity index (χ0) is 20.1. The molecule has 1 fully saturated rings. The van der Waals surface area contributed by atoms with Crippen LogP contribution in [-0.2, 0) is 22.9 Å². The molecule has 0 amide bonds. The van der Waals surface area contributed by atoms with E-state index in [-0.39, 0.29) is 11.5 Å². The second kappa shape index (κ2) is 9.57. The minimum atomic E-state index is -3.23. The number of sulfone groups is 1. The number of benzene rings is 2. The summed E-state index contributed by atoms with van der Waals surface area (Å²) in [5.74, 6) is -0.229. The van der Waals surface area contributed by atoms with Gasteiger partial charge < -0.3 is 10.4 Å². The minimum absolute atomic E-state index is 0.0386. The molecule has 0 bridgehead atoms. The van der Waals surface area contributed by atoms with E-state index in [2.05, 4.69) is 5.32 Å². The molecule has 8 heteroatoms. The van der Waals surface area contributed by atoms with Crippen LogP contribution < -0.4 is 5.32 Å². The van der Waals surface area contributed by atoms with E-state index in [4.69, 9.17) is 23.2 Å². The van der Waals surface area contributed by atoms with Gasteiger partial charge in [-0.3, -0.25) is 4.90 Å². The van der Waals surface area contributed by atoms with Gasteiger partial charge in [0.1, 0.15) is 0 Å². The van der Waals surface area contributed by atoms with Crippen LogP contribution in [0.5, 0.6) is 0 Å². The van der Waals surface area contributed by atoms with Crippen LogP contribution in [0.1, 0.15) is 11.1 Å². The molecule has 0 saturated carbocycles. The number of nitrogens with one attached hydrogen (secondary N) is 1. The first kappa shape index (κ1) is 21.6. The smallest absolute Gasteiger partial charge is 0.154 e. The number of aliphatic hydroxyl groups is 1. The van der Waals surface area contributed by atoms with E-state index in [1.165, 1.54) is 0 Å². The Morgan fingerprint density at radius 1 is 1.00 bits per heavy atom. The second-order valence-corrected chi connectivity index (χ2v) is 10.0. The molecule has 2 atom stereocenters. The Hall–Kier alpha value is -1.15. The van der Waals surface area contributed by atoms with Crippen LogP contribution in [0.2, 0.25) is 10.0 Å². The fraction of sp³-hybridized carbons (Fsp3) is 0.400. The molecule has 1 heterocycles. The van der Waals surface area contributed by atoms with Gasteiger partial charge in [-0.05, 0) is 23.3 Å². The SMILES string of the molecule is O=S1(=O)C[C@@H](O)[C@H](N(CCNCc2ccccc2Cl)Cc2ccccc2Cl)C1. The highest BCUT2D eigenvalue weighted by Crippen LogP contribution is 2.23. The van der Waals surface area contributed by atoms with Gasteiger partial charge in [0.2, 0.25) is 0 Å². The second-order valence-electron chi connectivity index (χ2n) is 7.04. The predicted octanol–water partition coefficient (Wildman–Crippen LogP) is 2.74. The lowest BCUT2D eigenvalue weighted by Crippen LogP contribution is -2.45. The number of aliphatic hydroxyl groups excluding tert-OH is 1. The largest absolute Gasteiger partial charge is 0.390 e. The molecular formula is C20H24Cl2N2O3S. The summed E-state index contributed by atoms with van der Waals surface area (Å²) in [7, 11) is -3.23. The zero-order valence-electron chi connectivity index (χ0n) is 15.4. The van der Waals surface area contributed by atoms with Crippen LogP contribution in [0.4, 0.5) is 0 Å². The number of hydrogen-bond acceptors (Lipinski definition) is 5. The fourth-order valence-electron chi connectivity index (χ4n) is 3.45. The Morgan fingerprint density at radius 2 is 1.61 bits per heavy atom. The van der Waals surface area contributed by atoms with E-state index < -0.39 is 22.0 Å². The lowest BCUT2D eigenvalue weighted by molar-refractivity contribution is 0.0786. The summed E-state index contributed by atoms with van der Waals surface area (Å²) in [5, 5.41) is 15.0. The Balaban J connectivity index is 1.66. The lowest BCUT2D eigenvalue weighted by Gasteiger charge is -2.30. The van der Waals surface area contributed by atoms with Gasteiger partial charge in [-0.1, -0.05) is 59.6 Å². The average molecular weight is 443 g/mol. The Morgan fingerprint density at radius 3 is 2.18 bits per heavy atom. The summed E-state index contributed by atoms with van der Waals surface area (Å²) in [6, 6.07) is 14.7. The molecule has 152 valence electrons. The molecule has 0 spiro atoms. The first-order chi connectivity index (χ1) is 13.4. The maximum absolute atomic E-state index is 12.0. The van der Waals surface area contributed by atoms with Crippen molar-refractivity contribution < 1.29 is 13.5 Å². The van der Waals surface area contributed by atoms with Crippen molar-refractivity contribution >= 4 is 33.0 Å². The summed E-state index contributed by atoms with van der Waals surface area (Å²) < 4.78 is 24.0. The topological polar surface area (TPSA) is 69.6 Å². The first-order valence-corrected chi connectivity index (χ1v) is 11.7. The van der Waals surface area contributed by atoms with Gasteiger partial charge in [0.05, 0.1) is 23.7 Å². The van der Waals surface area contributed by atoms with Gasteiger partial charge in [-0.25, -0.2) is 8.42 Å². The highest BCUT2D eigenvalue weighted by atomic mass is 35.5. The van der Waals surface area contributed by atoms with E-state index in [1.807, 2.05) is 53.4 Å². The fourth-order valence-corrected chi connectivity index (χ4v) is 5.68. The monoisotopic (exact) mass is 442 g/mol. The number of hydrogen-bond donors (Lipinski definition) is 2. The van der Waals surface area contributed by atoms with Crippen molar-refractivity contribution in [2.75, 3.05) is 24.6 Å². The van der Waals surface area contributed by atoms with Gasteiger partial charge in [-0.15, -0.1) is 0 Å². The maximum atomic E-state index is 12.0. The normalized spacial score (nSPS) is 21.3. The molecule has 5 nitrogen and oxygen atoms in total. The molecule has 2 aromatic rings. The molecule has 2 N–H and O–H groups in total. The minimum Gasteiger partial charge on any atom is -0.390 e. The average Bonchev–Trinajstić information content (AvgIpc) is 2.93. The number of rotatable bonds is 8. The Labute approximate surface area is 176 Å². The van der Waals surface area contributed by atoms with E-state index in [0.29, 0.717) is 36.2 Å². The van der Waals surface area contributed by atoms with Crippen molar-refractivity contribution in [3.63, 3.8) is 0 Å². The molecule has 2 aromatic carbocycles. The van der Waals surface area contributed by atoms with Crippen molar-refractivity contribution in [1.29, 1.82) is 0 Å². The highest BCUT2D eigenvalue weighted by Gasteiger charge is 2.39. The third kappa shape index (κ3) is 5.69. The van der Waals surface area contributed by atoms with Crippen molar-refractivity contribution in [3.05, 3.63) is 69.7 Å². The van der Waals surface area contributed by atoms with Crippen LogP contribution in [-0.4, -0.2) is 55.2 Å². The van der Waals surface area contributed by atoms with Crippen LogP contribution in [0.3, 0.4) is 0 Å². The molecule has 0 aromatic heterocycles. The van der Waals surface area contributed by atoms with Crippen LogP contribution in [0.25, 0.3) is 0 Å². The van der Waals surface area contributed by atoms with E-state index in [9.17, 15) is 13.5 Å². The molecule has 1 aliphatic heterocycles. The Bertz CT molecular complexity index is 908. The van der Waals surface area contributed by atoms with E-state index >= 15 is 0 Å². The van der Waals surface area contributed by atoms with E-state index in [0.717, 1.165) is 11.1 Å². The van der Waals surface area contributed by atoms with Crippen molar-refractivity contribution in [3.8, 4) is 0 Å². The van der Waals surface area contributed by atoms with Crippen molar-refractivity contribution in [2.24, 2.45) is 0 Å². The first-order valence-electron chi connectivity index (χ1n) is 9.16. The van der Waals surface area contributed by atoms with Gasteiger partial charge in [0.25, 0.3) is 0 Å². The Kier molecular flexibility index (Phi) is 7.36. The highest BCUT2D eigenvalue weighted by molar-refractivity contribution is 7.91. The van der Waals surface area contributed by atoms with Crippen LogP contribution in [0.15, 0.2) is 48.5 Å². The zero-order valence-corrected chi connectivity index (χ0v) is 17.7. The third-order valence-electron chi connectivity index (χ3n) is 4.94. The molecule has 0 aliphatic carbocycles. The van der Waals surface area contributed by atoms with E-state index in [1.54, 1.807) is 0 Å². The molecule has 0 unspecified atom stereocenters. The number of halogens is 2. The quantitative estimate of drug-likeness (QED) is 0.615.